The lowest BCUT2D eigenvalue weighted by molar-refractivity contribution is -0.117. The van der Waals surface area contributed by atoms with Crippen LogP contribution in [0.4, 0.5) is 5.69 Å². The van der Waals surface area contributed by atoms with Gasteiger partial charge < -0.3 is 5.32 Å². The van der Waals surface area contributed by atoms with Crippen molar-refractivity contribution in [3.8, 4) is 0 Å². The summed E-state index contributed by atoms with van der Waals surface area (Å²) in [5.41, 5.74) is 4.93. The monoisotopic (exact) mass is 292 g/mol. The quantitative estimate of drug-likeness (QED) is 0.763. The fourth-order valence-corrected chi connectivity index (χ4v) is 3.12. The normalized spacial score (nSPS) is 16.7. The number of benzene rings is 1. The highest BCUT2D eigenvalue weighted by atomic mass is 16.1. The largest absolute Gasteiger partial charge is 0.325 e. The summed E-state index contributed by atoms with van der Waals surface area (Å²) < 4.78 is 0. The third kappa shape index (κ3) is 2.06. The maximum Gasteiger partial charge on any atom is 0.233 e. The molecule has 5 heteroatoms. The van der Waals surface area contributed by atoms with Gasteiger partial charge in [-0.1, -0.05) is 6.07 Å². The van der Waals surface area contributed by atoms with E-state index in [1.165, 1.54) is 5.56 Å². The topological polar surface area (TPSA) is 70.7 Å². The van der Waals surface area contributed by atoms with Gasteiger partial charge in [0.1, 0.15) is 0 Å². The number of pyridine rings is 1. The Morgan fingerprint density at radius 3 is 3.23 bits per heavy atom. The molecule has 22 heavy (non-hydrogen) atoms. The molecule has 3 aromatic rings. The molecule has 1 unspecified atom stereocenters. The van der Waals surface area contributed by atoms with Crippen molar-refractivity contribution in [2.75, 3.05) is 5.32 Å². The van der Waals surface area contributed by atoms with E-state index in [9.17, 15) is 4.79 Å². The van der Waals surface area contributed by atoms with Crippen LogP contribution < -0.4 is 5.32 Å². The van der Waals surface area contributed by atoms with E-state index >= 15 is 0 Å². The van der Waals surface area contributed by atoms with E-state index in [1.54, 1.807) is 12.4 Å². The first-order valence-corrected chi connectivity index (χ1v) is 7.41. The van der Waals surface area contributed by atoms with Crippen molar-refractivity contribution in [1.29, 1.82) is 0 Å². The first kappa shape index (κ1) is 13.0. The Kier molecular flexibility index (Phi) is 2.92. The highest BCUT2D eigenvalue weighted by Crippen LogP contribution is 2.32. The summed E-state index contributed by atoms with van der Waals surface area (Å²) in [6, 6.07) is 7.94. The van der Waals surface area contributed by atoms with Crippen LogP contribution in [0.5, 0.6) is 0 Å². The molecule has 0 bridgehead atoms. The molecule has 2 aromatic heterocycles. The predicted octanol–water partition coefficient (Wildman–Crippen LogP) is 2.93. The van der Waals surface area contributed by atoms with Gasteiger partial charge in [-0.2, -0.15) is 5.10 Å². The van der Waals surface area contributed by atoms with Crippen LogP contribution in [0, 0.1) is 6.92 Å². The standard InChI is InChI=1S/C17H16N4O/c1-10-7-15-12(9-19-21-15)8-14(10)20-17(22)13-5-4-11-3-2-6-18-16(11)13/h2-3,6-9,13H,4-5H2,1H3,(H,19,21)(H,20,22). The first-order chi connectivity index (χ1) is 10.7. The fourth-order valence-electron chi connectivity index (χ4n) is 3.12. The van der Waals surface area contributed by atoms with Crippen LogP contribution in [0.2, 0.25) is 0 Å². The highest BCUT2D eigenvalue weighted by molar-refractivity contribution is 5.98. The van der Waals surface area contributed by atoms with Crippen LogP contribution in [0.15, 0.2) is 36.7 Å². The van der Waals surface area contributed by atoms with Gasteiger partial charge >= 0.3 is 0 Å². The summed E-state index contributed by atoms with van der Waals surface area (Å²) in [4.78, 5) is 17.0. The number of carbonyl (C=O) groups excluding carboxylic acids is 1. The first-order valence-electron chi connectivity index (χ1n) is 7.41. The number of aromatic amines is 1. The third-order valence-electron chi connectivity index (χ3n) is 4.32. The molecule has 110 valence electrons. The van der Waals surface area contributed by atoms with E-state index in [2.05, 4.69) is 26.6 Å². The average Bonchev–Trinajstić information content (AvgIpc) is 3.13. The van der Waals surface area contributed by atoms with Gasteiger partial charge in [0.25, 0.3) is 0 Å². The van der Waals surface area contributed by atoms with Gasteiger partial charge in [-0.15, -0.1) is 0 Å². The molecule has 4 rings (SSSR count). The number of aryl methyl sites for hydroxylation is 2. The number of fused-ring (bicyclic) bond motifs is 2. The maximum atomic E-state index is 12.6. The predicted molar refractivity (Wildman–Crippen MR) is 84.8 cm³/mol. The molecule has 0 aliphatic heterocycles. The van der Waals surface area contributed by atoms with E-state index in [1.807, 2.05) is 25.1 Å². The Hall–Kier alpha value is -2.69. The minimum atomic E-state index is -0.157. The van der Waals surface area contributed by atoms with Crippen LogP contribution in [0.1, 0.15) is 29.2 Å². The van der Waals surface area contributed by atoms with E-state index < -0.39 is 0 Å². The Bertz CT molecular complexity index is 868. The van der Waals surface area contributed by atoms with Crippen molar-refractivity contribution < 1.29 is 4.79 Å². The van der Waals surface area contributed by atoms with Gasteiger partial charge in [0.05, 0.1) is 23.3 Å². The number of nitrogens with one attached hydrogen (secondary N) is 2. The summed E-state index contributed by atoms with van der Waals surface area (Å²) in [7, 11) is 0. The van der Waals surface area contributed by atoms with Crippen molar-refractivity contribution in [2.45, 2.75) is 25.7 Å². The van der Waals surface area contributed by atoms with E-state index in [0.717, 1.165) is 40.7 Å². The second-order valence-corrected chi connectivity index (χ2v) is 5.75. The average molecular weight is 292 g/mol. The summed E-state index contributed by atoms with van der Waals surface area (Å²) in [5, 5.41) is 11.0. The third-order valence-corrected chi connectivity index (χ3v) is 4.32. The number of carbonyl (C=O) groups is 1. The molecule has 0 saturated heterocycles. The lowest BCUT2D eigenvalue weighted by atomic mass is 10.0. The van der Waals surface area contributed by atoms with Gasteiger partial charge in [0, 0.05) is 17.3 Å². The summed E-state index contributed by atoms with van der Waals surface area (Å²) >= 11 is 0. The Labute approximate surface area is 127 Å². The molecule has 1 aliphatic rings. The minimum Gasteiger partial charge on any atom is -0.325 e. The number of amides is 1. The molecular formula is C17H16N4O. The van der Waals surface area contributed by atoms with Crippen molar-refractivity contribution in [3.63, 3.8) is 0 Å². The van der Waals surface area contributed by atoms with Crippen LogP contribution in [-0.2, 0) is 11.2 Å². The molecule has 5 nitrogen and oxygen atoms in total. The van der Waals surface area contributed by atoms with Gasteiger partial charge in [0.15, 0.2) is 0 Å². The fraction of sp³-hybridized carbons (Fsp3) is 0.235. The Morgan fingerprint density at radius 2 is 2.32 bits per heavy atom. The summed E-state index contributed by atoms with van der Waals surface area (Å²) in [5.74, 6) is -0.140. The lowest BCUT2D eigenvalue weighted by Crippen LogP contribution is -2.20. The van der Waals surface area contributed by atoms with Gasteiger partial charge in [0.2, 0.25) is 5.91 Å². The van der Waals surface area contributed by atoms with Gasteiger partial charge in [-0.3, -0.25) is 14.9 Å². The number of nitrogens with zero attached hydrogens (tertiary/aromatic N) is 2. The molecule has 1 amide bonds. The molecule has 2 N–H and O–H groups in total. The van der Waals surface area contributed by atoms with Gasteiger partial charge in [-0.25, -0.2) is 0 Å². The number of rotatable bonds is 2. The van der Waals surface area contributed by atoms with Crippen molar-refractivity contribution in [3.05, 3.63) is 53.5 Å². The van der Waals surface area contributed by atoms with Crippen molar-refractivity contribution in [1.82, 2.24) is 15.2 Å². The molecule has 1 atom stereocenters. The molecule has 0 saturated carbocycles. The van der Waals surface area contributed by atoms with E-state index in [-0.39, 0.29) is 11.8 Å². The molecule has 0 radical (unpaired) electrons. The van der Waals surface area contributed by atoms with E-state index in [0.29, 0.717) is 0 Å². The van der Waals surface area contributed by atoms with Crippen molar-refractivity contribution in [2.24, 2.45) is 0 Å². The molecular weight excluding hydrogens is 276 g/mol. The molecule has 2 heterocycles. The second kappa shape index (κ2) is 4.94. The number of hydrogen-bond acceptors (Lipinski definition) is 3. The number of aromatic nitrogens is 3. The minimum absolute atomic E-state index is 0.0170. The van der Waals surface area contributed by atoms with Crippen LogP contribution >= 0.6 is 0 Å². The second-order valence-electron chi connectivity index (χ2n) is 5.75. The van der Waals surface area contributed by atoms with Gasteiger partial charge in [-0.05, 0) is 49.1 Å². The smallest absolute Gasteiger partial charge is 0.233 e. The number of H-pyrrole nitrogens is 1. The van der Waals surface area contributed by atoms with Crippen LogP contribution in [0.25, 0.3) is 10.9 Å². The van der Waals surface area contributed by atoms with E-state index in [4.69, 9.17) is 0 Å². The zero-order valence-corrected chi connectivity index (χ0v) is 12.3. The van der Waals surface area contributed by atoms with Crippen LogP contribution in [0.3, 0.4) is 0 Å². The summed E-state index contributed by atoms with van der Waals surface area (Å²) in [6.45, 7) is 1.98. The summed E-state index contributed by atoms with van der Waals surface area (Å²) in [6.07, 6.45) is 5.26. The zero-order chi connectivity index (χ0) is 15.1. The van der Waals surface area contributed by atoms with Crippen molar-refractivity contribution >= 4 is 22.5 Å². The lowest BCUT2D eigenvalue weighted by Gasteiger charge is -2.13. The zero-order valence-electron chi connectivity index (χ0n) is 12.3. The Morgan fingerprint density at radius 1 is 1.41 bits per heavy atom. The highest BCUT2D eigenvalue weighted by Gasteiger charge is 2.29. The Balaban J connectivity index is 1.63. The molecule has 1 aliphatic carbocycles. The molecule has 0 fully saturated rings. The number of anilines is 1. The maximum absolute atomic E-state index is 12.6. The molecule has 0 spiro atoms. The SMILES string of the molecule is Cc1cc2[nH]ncc2cc1NC(=O)C1CCc2cccnc21. The molecule has 1 aromatic carbocycles. The van der Waals surface area contributed by atoms with Crippen LogP contribution in [-0.4, -0.2) is 21.1 Å². The number of hydrogen-bond donors (Lipinski definition) is 2.